The molecule has 3 N–H and O–H groups in total. The van der Waals surface area contributed by atoms with Gasteiger partial charge in [-0.1, -0.05) is 0 Å². The van der Waals surface area contributed by atoms with Crippen LogP contribution in [0.5, 0.6) is 11.5 Å². The SMILES string of the molecule is COc1ccc(OCC(O)Cn2c(NCC(C)O)nc3c2c(=O)n(C)c(=O)n3C)cc1. The third-order valence-electron chi connectivity index (χ3n) is 4.80. The summed E-state index contributed by atoms with van der Waals surface area (Å²) in [5.74, 6) is 1.51. The summed E-state index contributed by atoms with van der Waals surface area (Å²) in [6.45, 7) is 1.73. The molecule has 0 amide bonds. The summed E-state index contributed by atoms with van der Waals surface area (Å²) in [5, 5.41) is 23.1. The van der Waals surface area contributed by atoms with Crippen LogP contribution >= 0.6 is 0 Å². The fourth-order valence-corrected chi connectivity index (χ4v) is 3.13. The van der Waals surface area contributed by atoms with E-state index < -0.39 is 23.5 Å². The molecule has 3 aromatic rings. The standard InChI is InChI=1S/C20H27N5O6/c1-12(26)9-21-19-22-17-16(18(28)24(3)20(29)23(17)2)25(19)10-13(27)11-31-15-7-5-14(30-4)6-8-15/h5-8,12-13,26-27H,9-11H2,1-4H3,(H,21,22). The summed E-state index contributed by atoms with van der Waals surface area (Å²) >= 11 is 0. The molecule has 0 fully saturated rings. The molecule has 0 aliphatic rings. The Kier molecular flexibility index (Phi) is 6.66. The molecule has 0 aliphatic carbocycles. The number of fused-ring (bicyclic) bond motifs is 1. The molecular weight excluding hydrogens is 406 g/mol. The first-order valence-corrected chi connectivity index (χ1v) is 9.76. The van der Waals surface area contributed by atoms with Crippen LogP contribution in [-0.2, 0) is 20.6 Å². The topological polar surface area (TPSA) is 133 Å². The second kappa shape index (κ2) is 9.23. The molecule has 31 heavy (non-hydrogen) atoms. The molecule has 0 aliphatic heterocycles. The van der Waals surface area contributed by atoms with Gasteiger partial charge in [-0.3, -0.25) is 13.9 Å². The summed E-state index contributed by atoms with van der Waals surface area (Å²) in [5.41, 5.74) is -0.683. The van der Waals surface area contributed by atoms with Crippen molar-refractivity contribution in [3.8, 4) is 11.5 Å². The van der Waals surface area contributed by atoms with Gasteiger partial charge in [-0.2, -0.15) is 4.98 Å². The zero-order chi connectivity index (χ0) is 22.7. The van der Waals surface area contributed by atoms with Crippen LogP contribution in [-0.4, -0.2) is 61.4 Å². The predicted octanol–water partition coefficient (Wildman–Crippen LogP) is -0.325. The first-order chi connectivity index (χ1) is 14.7. The van der Waals surface area contributed by atoms with Crippen molar-refractivity contribution in [2.45, 2.75) is 25.7 Å². The normalized spacial score (nSPS) is 13.2. The lowest BCUT2D eigenvalue weighted by atomic mass is 10.3. The van der Waals surface area contributed by atoms with Gasteiger partial charge in [0, 0.05) is 20.6 Å². The van der Waals surface area contributed by atoms with Gasteiger partial charge in [0.25, 0.3) is 5.56 Å². The molecule has 11 heteroatoms. The van der Waals surface area contributed by atoms with Gasteiger partial charge in [-0.05, 0) is 31.2 Å². The van der Waals surface area contributed by atoms with E-state index in [1.807, 2.05) is 0 Å². The quantitative estimate of drug-likeness (QED) is 0.418. The maximum absolute atomic E-state index is 12.8. The molecule has 2 aromatic heterocycles. The number of aliphatic hydroxyl groups is 2. The number of nitrogens with zero attached hydrogens (tertiary/aromatic N) is 4. The Hall–Kier alpha value is -3.31. The van der Waals surface area contributed by atoms with Crippen molar-refractivity contribution in [2.75, 3.05) is 25.6 Å². The van der Waals surface area contributed by atoms with Crippen molar-refractivity contribution < 1.29 is 19.7 Å². The van der Waals surface area contributed by atoms with Crippen LogP contribution in [0.4, 0.5) is 5.95 Å². The molecule has 2 heterocycles. The van der Waals surface area contributed by atoms with Crippen LogP contribution in [0.1, 0.15) is 6.92 Å². The van der Waals surface area contributed by atoms with Crippen LogP contribution in [0.15, 0.2) is 33.9 Å². The lowest BCUT2D eigenvalue weighted by Gasteiger charge is -2.16. The van der Waals surface area contributed by atoms with E-state index in [0.29, 0.717) is 11.5 Å². The van der Waals surface area contributed by atoms with E-state index in [9.17, 15) is 19.8 Å². The number of rotatable bonds is 9. The average molecular weight is 433 g/mol. The summed E-state index contributed by atoms with van der Waals surface area (Å²) < 4.78 is 14.5. The number of hydrogen-bond acceptors (Lipinski definition) is 8. The molecule has 2 atom stereocenters. The van der Waals surface area contributed by atoms with Gasteiger partial charge in [0.1, 0.15) is 24.2 Å². The Balaban J connectivity index is 1.90. The molecule has 0 spiro atoms. The highest BCUT2D eigenvalue weighted by molar-refractivity contribution is 5.74. The highest BCUT2D eigenvalue weighted by Crippen LogP contribution is 2.19. The van der Waals surface area contributed by atoms with Crippen LogP contribution in [0.25, 0.3) is 11.2 Å². The molecule has 3 rings (SSSR count). The predicted molar refractivity (Wildman–Crippen MR) is 115 cm³/mol. The summed E-state index contributed by atoms with van der Waals surface area (Å²) in [7, 11) is 4.47. The van der Waals surface area contributed by atoms with E-state index in [-0.39, 0.29) is 36.8 Å². The highest BCUT2D eigenvalue weighted by atomic mass is 16.5. The van der Waals surface area contributed by atoms with Gasteiger partial charge in [-0.15, -0.1) is 0 Å². The Morgan fingerprint density at radius 1 is 1.10 bits per heavy atom. The molecule has 0 radical (unpaired) electrons. The third kappa shape index (κ3) is 4.72. The van der Waals surface area contributed by atoms with Crippen molar-refractivity contribution in [2.24, 2.45) is 14.1 Å². The smallest absolute Gasteiger partial charge is 0.332 e. The third-order valence-corrected chi connectivity index (χ3v) is 4.80. The molecular formula is C20H27N5O6. The number of aliphatic hydroxyl groups excluding tert-OH is 2. The van der Waals surface area contributed by atoms with Gasteiger partial charge in [0.05, 0.1) is 19.8 Å². The summed E-state index contributed by atoms with van der Waals surface area (Å²) in [6.07, 6.45) is -1.64. The lowest BCUT2D eigenvalue weighted by Crippen LogP contribution is -2.38. The van der Waals surface area contributed by atoms with Crippen LogP contribution in [0.3, 0.4) is 0 Å². The molecule has 0 saturated carbocycles. The van der Waals surface area contributed by atoms with Gasteiger partial charge >= 0.3 is 5.69 Å². The average Bonchev–Trinajstić information content (AvgIpc) is 3.11. The van der Waals surface area contributed by atoms with Gasteiger partial charge in [0.15, 0.2) is 11.2 Å². The van der Waals surface area contributed by atoms with E-state index in [4.69, 9.17) is 9.47 Å². The van der Waals surface area contributed by atoms with Gasteiger partial charge in [0.2, 0.25) is 5.95 Å². The van der Waals surface area contributed by atoms with Crippen LogP contribution < -0.4 is 26.0 Å². The Morgan fingerprint density at radius 2 is 1.74 bits per heavy atom. The van der Waals surface area contributed by atoms with E-state index in [0.717, 1.165) is 4.57 Å². The minimum atomic E-state index is -0.978. The zero-order valence-corrected chi connectivity index (χ0v) is 17.9. The van der Waals surface area contributed by atoms with Crippen molar-refractivity contribution in [1.82, 2.24) is 18.7 Å². The number of hydrogen-bond donors (Lipinski definition) is 3. The molecule has 0 saturated heterocycles. The highest BCUT2D eigenvalue weighted by Gasteiger charge is 2.21. The second-order valence-corrected chi connectivity index (χ2v) is 7.29. The maximum atomic E-state index is 12.8. The van der Waals surface area contributed by atoms with Gasteiger partial charge < -0.3 is 29.6 Å². The van der Waals surface area contributed by atoms with E-state index in [1.165, 1.54) is 23.2 Å². The fraction of sp³-hybridized carbons (Fsp3) is 0.450. The number of benzene rings is 1. The number of nitrogens with one attached hydrogen (secondary N) is 1. The Morgan fingerprint density at radius 3 is 2.35 bits per heavy atom. The fourth-order valence-electron chi connectivity index (χ4n) is 3.13. The Bertz CT molecular complexity index is 1160. The van der Waals surface area contributed by atoms with Gasteiger partial charge in [-0.25, -0.2) is 4.79 Å². The number of ether oxygens (including phenoxy) is 2. The summed E-state index contributed by atoms with van der Waals surface area (Å²) in [6, 6.07) is 6.93. The Labute approximate surface area is 178 Å². The summed E-state index contributed by atoms with van der Waals surface area (Å²) in [4.78, 5) is 29.4. The number of anilines is 1. The monoisotopic (exact) mass is 433 g/mol. The van der Waals surface area contributed by atoms with Crippen molar-refractivity contribution in [3.05, 3.63) is 45.1 Å². The maximum Gasteiger partial charge on any atom is 0.332 e. The largest absolute Gasteiger partial charge is 0.497 e. The van der Waals surface area contributed by atoms with E-state index in [1.54, 1.807) is 38.3 Å². The second-order valence-electron chi connectivity index (χ2n) is 7.29. The molecule has 11 nitrogen and oxygen atoms in total. The zero-order valence-electron chi connectivity index (χ0n) is 17.9. The number of aromatic nitrogens is 4. The first-order valence-electron chi connectivity index (χ1n) is 9.76. The van der Waals surface area contributed by atoms with Crippen LogP contribution in [0.2, 0.25) is 0 Å². The minimum absolute atomic E-state index is 0.0117. The first kappa shape index (κ1) is 22.4. The minimum Gasteiger partial charge on any atom is -0.497 e. The molecule has 168 valence electrons. The number of imidazole rings is 1. The lowest BCUT2D eigenvalue weighted by molar-refractivity contribution is 0.0937. The van der Waals surface area contributed by atoms with Crippen molar-refractivity contribution in [3.63, 3.8) is 0 Å². The van der Waals surface area contributed by atoms with E-state index >= 15 is 0 Å². The van der Waals surface area contributed by atoms with Crippen molar-refractivity contribution in [1.29, 1.82) is 0 Å². The van der Waals surface area contributed by atoms with Crippen molar-refractivity contribution >= 4 is 17.1 Å². The number of methoxy groups -OCH3 is 1. The van der Waals surface area contributed by atoms with Crippen LogP contribution in [0, 0.1) is 0 Å². The van der Waals surface area contributed by atoms with E-state index in [2.05, 4.69) is 10.3 Å². The molecule has 0 bridgehead atoms. The molecule has 1 aromatic carbocycles. The molecule has 2 unspecified atom stereocenters. The number of aryl methyl sites for hydroxylation is 1.